The third-order valence-corrected chi connectivity index (χ3v) is 15.9. The Labute approximate surface area is 181 Å². The molecule has 0 amide bonds. The van der Waals surface area contributed by atoms with E-state index in [4.69, 9.17) is 13.6 Å². The summed E-state index contributed by atoms with van der Waals surface area (Å²) in [6.45, 7) is 25.8. The second kappa shape index (κ2) is 10.2. The third kappa shape index (κ3) is 7.92. The lowest BCUT2D eigenvalue weighted by Gasteiger charge is -2.45. The van der Waals surface area contributed by atoms with Gasteiger partial charge in [-0.3, -0.25) is 4.79 Å². The number of carbonyl (C=O) groups is 2. The summed E-state index contributed by atoms with van der Waals surface area (Å²) < 4.78 is 18.3. The van der Waals surface area contributed by atoms with Crippen molar-refractivity contribution >= 4 is 28.9 Å². The van der Waals surface area contributed by atoms with Gasteiger partial charge < -0.3 is 18.4 Å². The molecule has 0 aromatic heterocycles. The highest BCUT2D eigenvalue weighted by Gasteiger charge is 2.46. The second-order valence-electron chi connectivity index (χ2n) is 11.4. The molecular weight excluding hydrogens is 400 g/mol. The maximum absolute atomic E-state index is 12.2. The van der Waals surface area contributed by atoms with E-state index in [9.17, 15) is 9.59 Å². The van der Waals surface area contributed by atoms with Crippen molar-refractivity contribution < 1.29 is 23.2 Å². The zero-order valence-electron chi connectivity index (χ0n) is 21.1. The highest BCUT2D eigenvalue weighted by atomic mass is 28.4. The van der Waals surface area contributed by atoms with Gasteiger partial charge in [0.25, 0.3) is 0 Å². The Morgan fingerprint density at radius 2 is 1.31 bits per heavy atom. The first-order valence-corrected chi connectivity index (χ1v) is 16.5. The van der Waals surface area contributed by atoms with Gasteiger partial charge in [-0.1, -0.05) is 55.4 Å². The molecular formula is C22H46O5Si2. The summed E-state index contributed by atoms with van der Waals surface area (Å²) in [5.41, 5.74) is 0. The number of aldehydes is 1. The standard InChI is InChI=1S/C22H46O5Si2/c1-16(15-23)20(27-29(12,13)22(6,7)8)17(2)18(14-19(24)25-9)26-28(10,11)21(3,4)5/h15-18,20H,14H2,1-13H3/t16-,17-,18-,20+/m0/s1. The average molecular weight is 447 g/mol. The van der Waals surface area contributed by atoms with Crippen LogP contribution in [0.1, 0.15) is 61.8 Å². The van der Waals surface area contributed by atoms with Gasteiger partial charge in [0.05, 0.1) is 25.7 Å². The molecule has 0 fully saturated rings. The number of ether oxygens (including phenoxy) is 1. The molecule has 0 unspecified atom stereocenters. The Kier molecular flexibility index (Phi) is 10.0. The van der Waals surface area contributed by atoms with Crippen LogP contribution in [-0.4, -0.2) is 48.2 Å². The number of esters is 1. The van der Waals surface area contributed by atoms with Crippen molar-refractivity contribution in [3.63, 3.8) is 0 Å². The zero-order valence-corrected chi connectivity index (χ0v) is 23.1. The molecule has 0 bridgehead atoms. The Bertz CT molecular complexity index is 546. The van der Waals surface area contributed by atoms with Crippen LogP contribution in [0, 0.1) is 11.8 Å². The number of methoxy groups -OCH3 is 1. The first kappa shape index (κ1) is 28.5. The van der Waals surface area contributed by atoms with E-state index < -0.39 is 16.6 Å². The molecule has 4 atom stereocenters. The highest BCUT2D eigenvalue weighted by Crippen LogP contribution is 2.42. The van der Waals surface area contributed by atoms with E-state index in [1.807, 2.05) is 13.8 Å². The second-order valence-corrected chi connectivity index (χ2v) is 20.9. The van der Waals surface area contributed by atoms with Crippen LogP contribution in [0.5, 0.6) is 0 Å². The minimum absolute atomic E-state index is 0.00709. The van der Waals surface area contributed by atoms with Crippen LogP contribution in [0.25, 0.3) is 0 Å². The Morgan fingerprint density at radius 3 is 1.66 bits per heavy atom. The van der Waals surface area contributed by atoms with Gasteiger partial charge in [0.15, 0.2) is 16.6 Å². The smallest absolute Gasteiger partial charge is 0.308 e. The zero-order chi connectivity index (χ0) is 23.4. The Morgan fingerprint density at radius 1 is 0.897 bits per heavy atom. The molecule has 0 aliphatic rings. The molecule has 0 aromatic rings. The molecule has 5 nitrogen and oxygen atoms in total. The van der Waals surface area contributed by atoms with Crippen LogP contribution in [0.4, 0.5) is 0 Å². The fourth-order valence-corrected chi connectivity index (χ4v) is 5.51. The van der Waals surface area contributed by atoms with Gasteiger partial charge in [-0.25, -0.2) is 0 Å². The molecule has 172 valence electrons. The molecule has 0 saturated carbocycles. The number of carbonyl (C=O) groups excluding carboxylic acids is 2. The third-order valence-electron chi connectivity index (χ3n) is 6.92. The van der Waals surface area contributed by atoms with Gasteiger partial charge in [-0.15, -0.1) is 0 Å². The first-order chi connectivity index (χ1) is 12.8. The van der Waals surface area contributed by atoms with Gasteiger partial charge in [0.1, 0.15) is 6.29 Å². The fraction of sp³-hybridized carbons (Fsp3) is 0.909. The van der Waals surface area contributed by atoms with Crippen molar-refractivity contribution in [1.82, 2.24) is 0 Å². The topological polar surface area (TPSA) is 61.8 Å². The van der Waals surface area contributed by atoms with Crippen LogP contribution < -0.4 is 0 Å². The van der Waals surface area contributed by atoms with E-state index in [2.05, 4.69) is 67.7 Å². The monoisotopic (exact) mass is 446 g/mol. The molecule has 29 heavy (non-hydrogen) atoms. The van der Waals surface area contributed by atoms with Gasteiger partial charge in [0.2, 0.25) is 0 Å². The van der Waals surface area contributed by atoms with E-state index in [0.29, 0.717) is 0 Å². The molecule has 0 aliphatic carbocycles. The highest BCUT2D eigenvalue weighted by molar-refractivity contribution is 6.74. The lowest BCUT2D eigenvalue weighted by atomic mass is 9.89. The molecule has 0 aliphatic heterocycles. The summed E-state index contributed by atoms with van der Waals surface area (Å²) in [5.74, 6) is -0.717. The predicted molar refractivity (Wildman–Crippen MR) is 125 cm³/mol. The van der Waals surface area contributed by atoms with Crippen molar-refractivity contribution in [1.29, 1.82) is 0 Å². The van der Waals surface area contributed by atoms with E-state index in [-0.39, 0.29) is 46.5 Å². The lowest BCUT2D eigenvalue weighted by Crippen LogP contribution is -2.52. The summed E-state index contributed by atoms with van der Waals surface area (Å²) in [6.07, 6.45) is 0.441. The molecule has 0 heterocycles. The first-order valence-electron chi connectivity index (χ1n) is 10.7. The Balaban J connectivity index is 6.01. The van der Waals surface area contributed by atoms with Crippen molar-refractivity contribution in [2.75, 3.05) is 7.11 Å². The largest absolute Gasteiger partial charge is 0.469 e. The predicted octanol–water partition coefficient (Wildman–Crippen LogP) is 5.80. The molecule has 7 heteroatoms. The van der Waals surface area contributed by atoms with Crippen LogP contribution in [0.3, 0.4) is 0 Å². The van der Waals surface area contributed by atoms with Gasteiger partial charge >= 0.3 is 5.97 Å². The molecule has 0 aromatic carbocycles. The van der Waals surface area contributed by atoms with Crippen molar-refractivity contribution in [2.45, 2.75) is 110 Å². The quantitative estimate of drug-likeness (QED) is 0.241. The molecule has 0 rings (SSSR count). The average Bonchev–Trinajstić information content (AvgIpc) is 2.55. The van der Waals surface area contributed by atoms with Gasteiger partial charge in [-0.05, 0) is 36.3 Å². The van der Waals surface area contributed by atoms with Crippen molar-refractivity contribution in [3.8, 4) is 0 Å². The van der Waals surface area contributed by atoms with Crippen LogP contribution >= 0.6 is 0 Å². The summed E-state index contributed by atoms with van der Waals surface area (Å²) in [6, 6.07) is 0. The summed E-state index contributed by atoms with van der Waals surface area (Å²) in [4.78, 5) is 23.9. The van der Waals surface area contributed by atoms with Crippen molar-refractivity contribution in [3.05, 3.63) is 0 Å². The molecule has 0 saturated heterocycles. The minimum atomic E-state index is -2.14. The lowest BCUT2D eigenvalue weighted by molar-refractivity contribution is -0.144. The van der Waals surface area contributed by atoms with E-state index in [1.165, 1.54) is 7.11 Å². The molecule has 0 N–H and O–H groups in total. The summed E-state index contributed by atoms with van der Waals surface area (Å²) in [7, 11) is -2.86. The van der Waals surface area contributed by atoms with Gasteiger partial charge in [0, 0.05) is 11.8 Å². The number of hydrogen-bond acceptors (Lipinski definition) is 5. The molecule has 0 radical (unpaired) electrons. The summed E-state index contributed by atoms with van der Waals surface area (Å²) >= 11 is 0. The van der Waals surface area contributed by atoms with Crippen molar-refractivity contribution in [2.24, 2.45) is 11.8 Å². The summed E-state index contributed by atoms with van der Waals surface area (Å²) in [5, 5.41) is 0.0266. The van der Waals surface area contributed by atoms with E-state index in [1.54, 1.807) is 0 Å². The van der Waals surface area contributed by atoms with Crippen LogP contribution in [0.15, 0.2) is 0 Å². The fourth-order valence-electron chi connectivity index (χ4n) is 2.64. The van der Waals surface area contributed by atoms with E-state index in [0.717, 1.165) is 6.29 Å². The Hall–Kier alpha value is -0.506. The van der Waals surface area contributed by atoms with Crippen LogP contribution in [-0.2, 0) is 23.2 Å². The van der Waals surface area contributed by atoms with E-state index >= 15 is 0 Å². The van der Waals surface area contributed by atoms with Crippen LogP contribution in [0.2, 0.25) is 36.3 Å². The maximum Gasteiger partial charge on any atom is 0.308 e. The normalized spacial score (nSPS) is 18.0. The van der Waals surface area contributed by atoms with Gasteiger partial charge in [-0.2, -0.15) is 0 Å². The number of rotatable bonds is 10. The SMILES string of the molecule is COC(=O)C[C@H](O[Si](C)(C)C(C)(C)C)[C@H](C)[C@H](O[Si](C)(C)C(C)(C)C)[C@@H](C)C=O. The maximum atomic E-state index is 12.2. The molecule has 0 spiro atoms. The minimum Gasteiger partial charge on any atom is -0.469 e. The number of hydrogen-bond donors (Lipinski definition) is 0.